The molecule has 0 saturated carbocycles. The molecule has 0 radical (unpaired) electrons. The molecule has 90 valence electrons. The fraction of sp³-hybridized carbons (Fsp3) is 0.308. The average molecular weight is 250 g/mol. The fourth-order valence-electron chi connectivity index (χ4n) is 1.80. The minimum absolute atomic E-state index is 0.766. The number of aryl methyl sites for hydroxylation is 1. The van der Waals surface area contributed by atoms with Gasteiger partial charge in [0, 0.05) is 17.3 Å². The van der Waals surface area contributed by atoms with Crippen LogP contribution in [0.4, 0.5) is 5.69 Å². The topological polar surface area (TPSA) is 31.9 Å². The Bertz CT molecular complexity index is 476. The molecule has 1 heterocycles. The normalized spacial score (nSPS) is 10.5. The van der Waals surface area contributed by atoms with Crippen molar-refractivity contribution < 1.29 is 0 Å². The summed E-state index contributed by atoms with van der Waals surface area (Å²) in [6.45, 7) is 5.87. The van der Waals surface area contributed by atoms with Crippen LogP contribution in [0.15, 0.2) is 30.5 Å². The highest BCUT2D eigenvalue weighted by molar-refractivity contribution is 6.30. The van der Waals surface area contributed by atoms with Gasteiger partial charge in [0.05, 0.1) is 18.4 Å². The van der Waals surface area contributed by atoms with E-state index < -0.39 is 0 Å². The lowest BCUT2D eigenvalue weighted by atomic mass is 10.2. The molecular formula is C13H16ClN3. The fourth-order valence-corrected chi connectivity index (χ4v) is 1.92. The van der Waals surface area contributed by atoms with E-state index in [0.29, 0.717) is 0 Å². The number of nitrogens with zero attached hydrogens (tertiary/aromatic N) is 2. The van der Waals surface area contributed by atoms with Crippen LogP contribution >= 0.6 is 11.6 Å². The summed E-state index contributed by atoms with van der Waals surface area (Å²) in [5.41, 5.74) is 2.29. The molecule has 0 bridgehead atoms. The Labute approximate surface area is 106 Å². The van der Waals surface area contributed by atoms with Crippen molar-refractivity contribution in [3.05, 3.63) is 47.0 Å². The molecule has 0 aliphatic carbocycles. The van der Waals surface area contributed by atoms with Gasteiger partial charge in [0.25, 0.3) is 0 Å². The van der Waals surface area contributed by atoms with Gasteiger partial charge in [-0.3, -0.25) is 0 Å². The van der Waals surface area contributed by atoms with Crippen molar-refractivity contribution in [1.82, 2.24) is 9.97 Å². The minimum Gasteiger partial charge on any atom is -0.366 e. The molecule has 0 saturated heterocycles. The number of nitrogens with one attached hydrogen (secondary N) is 1. The Kier molecular flexibility index (Phi) is 3.69. The zero-order chi connectivity index (χ0) is 12.3. The van der Waals surface area contributed by atoms with Gasteiger partial charge in [-0.15, -0.1) is 0 Å². The smallest absolute Gasteiger partial charge is 0.103 e. The van der Waals surface area contributed by atoms with Gasteiger partial charge in [-0.25, -0.2) is 4.98 Å². The second kappa shape index (κ2) is 5.23. The first-order chi connectivity index (χ1) is 8.19. The molecule has 2 aromatic rings. The third-order valence-electron chi connectivity index (χ3n) is 2.69. The number of rotatable bonds is 4. The molecule has 0 aliphatic rings. The number of H-pyrrole nitrogens is 1. The molecular weight excluding hydrogens is 234 g/mol. The number of halogens is 1. The summed E-state index contributed by atoms with van der Waals surface area (Å²) in [4.78, 5) is 9.72. The van der Waals surface area contributed by atoms with Gasteiger partial charge in [0.2, 0.25) is 0 Å². The molecule has 0 amide bonds. The lowest BCUT2D eigenvalue weighted by Crippen LogP contribution is -2.22. The molecule has 4 heteroatoms. The van der Waals surface area contributed by atoms with Crippen molar-refractivity contribution in [2.75, 3.05) is 11.4 Å². The maximum Gasteiger partial charge on any atom is 0.103 e. The Morgan fingerprint density at radius 3 is 2.53 bits per heavy atom. The second-order valence-electron chi connectivity index (χ2n) is 3.98. The summed E-state index contributed by atoms with van der Waals surface area (Å²) in [5.74, 6) is 0.951. The van der Waals surface area contributed by atoms with Crippen LogP contribution in [0.25, 0.3) is 0 Å². The number of imidazole rings is 1. The van der Waals surface area contributed by atoms with Gasteiger partial charge < -0.3 is 9.88 Å². The first-order valence-corrected chi connectivity index (χ1v) is 6.08. The Hall–Kier alpha value is -1.48. The monoisotopic (exact) mass is 249 g/mol. The van der Waals surface area contributed by atoms with E-state index in [1.54, 1.807) is 0 Å². The first kappa shape index (κ1) is 12.0. The van der Waals surface area contributed by atoms with Gasteiger partial charge in [-0.2, -0.15) is 0 Å². The van der Waals surface area contributed by atoms with E-state index in [-0.39, 0.29) is 0 Å². The predicted molar refractivity (Wildman–Crippen MR) is 71.5 cm³/mol. The van der Waals surface area contributed by atoms with E-state index in [1.807, 2.05) is 37.4 Å². The molecule has 0 unspecified atom stereocenters. The molecule has 1 aromatic heterocycles. The molecule has 0 fully saturated rings. The van der Waals surface area contributed by atoms with Crippen molar-refractivity contribution in [2.45, 2.75) is 20.4 Å². The summed E-state index contributed by atoms with van der Waals surface area (Å²) in [7, 11) is 0. The number of anilines is 1. The van der Waals surface area contributed by atoms with Crippen molar-refractivity contribution >= 4 is 17.3 Å². The third kappa shape index (κ3) is 3.01. The molecule has 2 rings (SSSR count). The number of benzene rings is 1. The lowest BCUT2D eigenvalue weighted by molar-refractivity contribution is 0.813. The zero-order valence-electron chi connectivity index (χ0n) is 10.1. The zero-order valence-corrected chi connectivity index (χ0v) is 10.8. The van der Waals surface area contributed by atoms with Crippen LogP contribution in [0.3, 0.4) is 0 Å². The van der Waals surface area contributed by atoms with Gasteiger partial charge in [0.15, 0.2) is 0 Å². The predicted octanol–water partition coefficient (Wildman–Crippen LogP) is 3.40. The van der Waals surface area contributed by atoms with E-state index >= 15 is 0 Å². The Morgan fingerprint density at radius 1 is 1.29 bits per heavy atom. The molecule has 0 spiro atoms. The summed E-state index contributed by atoms with van der Waals surface area (Å²) in [6.07, 6.45) is 1.88. The van der Waals surface area contributed by atoms with E-state index in [9.17, 15) is 0 Å². The van der Waals surface area contributed by atoms with E-state index in [4.69, 9.17) is 11.6 Å². The lowest BCUT2D eigenvalue weighted by Gasteiger charge is -2.22. The van der Waals surface area contributed by atoms with Crippen molar-refractivity contribution in [3.8, 4) is 0 Å². The largest absolute Gasteiger partial charge is 0.366 e. The van der Waals surface area contributed by atoms with Gasteiger partial charge in [-0.05, 0) is 38.1 Å². The maximum atomic E-state index is 5.89. The molecule has 0 aliphatic heterocycles. The number of aromatic nitrogens is 2. The van der Waals surface area contributed by atoms with E-state index in [2.05, 4.69) is 21.8 Å². The van der Waals surface area contributed by atoms with Crippen LogP contribution in [-0.4, -0.2) is 16.5 Å². The Morgan fingerprint density at radius 2 is 2.00 bits per heavy atom. The highest BCUT2D eigenvalue weighted by atomic mass is 35.5. The van der Waals surface area contributed by atoms with Crippen molar-refractivity contribution in [3.63, 3.8) is 0 Å². The van der Waals surface area contributed by atoms with Crippen LogP contribution < -0.4 is 4.90 Å². The third-order valence-corrected chi connectivity index (χ3v) is 2.94. The van der Waals surface area contributed by atoms with E-state index in [1.165, 1.54) is 5.69 Å². The van der Waals surface area contributed by atoms with Gasteiger partial charge in [-0.1, -0.05) is 11.6 Å². The first-order valence-electron chi connectivity index (χ1n) is 5.70. The van der Waals surface area contributed by atoms with Crippen LogP contribution in [0.1, 0.15) is 18.4 Å². The SMILES string of the molecule is CCN(Cc1cnc(C)[nH]1)c1ccc(Cl)cc1. The molecule has 1 aromatic carbocycles. The van der Waals surface area contributed by atoms with Gasteiger partial charge in [0.1, 0.15) is 5.82 Å². The van der Waals surface area contributed by atoms with Crippen LogP contribution in [0.2, 0.25) is 5.02 Å². The number of hydrogen-bond acceptors (Lipinski definition) is 2. The average Bonchev–Trinajstić information content (AvgIpc) is 2.73. The molecule has 0 atom stereocenters. The van der Waals surface area contributed by atoms with E-state index in [0.717, 1.165) is 29.6 Å². The number of hydrogen-bond donors (Lipinski definition) is 1. The minimum atomic E-state index is 0.766. The summed E-state index contributed by atoms with van der Waals surface area (Å²) in [5, 5.41) is 0.766. The highest BCUT2D eigenvalue weighted by Crippen LogP contribution is 2.19. The van der Waals surface area contributed by atoms with Crippen molar-refractivity contribution in [1.29, 1.82) is 0 Å². The van der Waals surface area contributed by atoms with Crippen LogP contribution in [0, 0.1) is 6.92 Å². The number of aromatic amines is 1. The summed E-state index contributed by atoms with van der Waals surface area (Å²) in [6, 6.07) is 7.90. The quantitative estimate of drug-likeness (QED) is 0.901. The molecule has 1 N–H and O–H groups in total. The molecule has 3 nitrogen and oxygen atoms in total. The molecule has 17 heavy (non-hydrogen) atoms. The van der Waals surface area contributed by atoms with Gasteiger partial charge >= 0.3 is 0 Å². The standard InChI is InChI=1S/C13H16ClN3/c1-3-17(9-12-8-15-10(2)16-12)13-6-4-11(14)5-7-13/h4-8H,3,9H2,1-2H3,(H,15,16). The summed E-state index contributed by atoms with van der Waals surface area (Å²) >= 11 is 5.89. The highest BCUT2D eigenvalue weighted by Gasteiger charge is 2.06. The van der Waals surface area contributed by atoms with Crippen molar-refractivity contribution in [2.24, 2.45) is 0 Å². The second-order valence-corrected chi connectivity index (χ2v) is 4.42. The summed E-state index contributed by atoms with van der Waals surface area (Å²) < 4.78 is 0. The Balaban J connectivity index is 2.13. The van der Waals surface area contributed by atoms with Crippen LogP contribution in [0.5, 0.6) is 0 Å². The van der Waals surface area contributed by atoms with Crippen LogP contribution in [-0.2, 0) is 6.54 Å². The maximum absolute atomic E-state index is 5.89.